The summed E-state index contributed by atoms with van der Waals surface area (Å²) in [6.07, 6.45) is 8.56. The molecule has 1 aliphatic rings. The Labute approximate surface area is 181 Å². The third kappa shape index (κ3) is 6.38. The number of hydrogen-bond acceptors (Lipinski definition) is 3. The van der Waals surface area contributed by atoms with Gasteiger partial charge in [0.1, 0.15) is 5.82 Å². The Morgan fingerprint density at radius 1 is 1.30 bits per heavy atom. The van der Waals surface area contributed by atoms with Crippen molar-refractivity contribution in [2.45, 2.75) is 37.0 Å². The summed E-state index contributed by atoms with van der Waals surface area (Å²) in [5.74, 6) is 0.616. The van der Waals surface area contributed by atoms with E-state index in [1.54, 1.807) is 23.9 Å². The van der Waals surface area contributed by atoms with Gasteiger partial charge < -0.3 is 10.6 Å². The Morgan fingerprint density at radius 3 is 2.74 bits per heavy atom. The third-order valence-electron chi connectivity index (χ3n) is 4.69. The predicted octanol–water partition coefficient (Wildman–Crippen LogP) is 3.62. The molecule has 2 N–H and O–H groups in total. The van der Waals surface area contributed by atoms with Gasteiger partial charge in [0.05, 0.1) is 11.4 Å². The van der Waals surface area contributed by atoms with Crippen LogP contribution in [0, 0.1) is 5.82 Å². The van der Waals surface area contributed by atoms with E-state index < -0.39 is 0 Å². The van der Waals surface area contributed by atoms with Crippen LogP contribution in [-0.2, 0) is 6.42 Å². The van der Waals surface area contributed by atoms with Crippen molar-refractivity contribution in [3.8, 4) is 5.69 Å². The summed E-state index contributed by atoms with van der Waals surface area (Å²) in [7, 11) is 1.81. The summed E-state index contributed by atoms with van der Waals surface area (Å²) in [5.41, 5.74) is 1.84. The van der Waals surface area contributed by atoms with Crippen LogP contribution in [0.15, 0.2) is 41.5 Å². The van der Waals surface area contributed by atoms with E-state index in [4.69, 9.17) is 0 Å². The van der Waals surface area contributed by atoms with Crippen LogP contribution < -0.4 is 10.6 Å². The zero-order valence-electron chi connectivity index (χ0n) is 15.7. The fourth-order valence-corrected chi connectivity index (χ4v) is 4.01. The van der Waals surface area contributed by atoms with Crippen LogP contribution in [0.2, 0.25) is 0 Å². The van der Waals surface area contributed by atoms with Gasteiger partial charge in [-0.2, -0.15) is 16.9 Å². The first-order chi connectivity index (χ1) is 12.7. The summed E-state index contributed by atoms with van der Waals surface area (Å²) >= 11 is 1.96. The molecular weight excluding hydrogens is 476 g/mol. The molecule has 3 rings (SSSR count). The molecule has 2 atom stereocenters. The lowest BCUT2D eigenvalue weighted by molar-refractivity contribution is 0.614. The average Bonchev–Trinajstić information content (AvgIpc) is 3.31. The van der Waals surface area contributed by atoms with Gasteiger partial charge >= 0.3 is 0 Å². The van der Waals surface area contributed by atoms with Gasteiger partial charge in [0.25, 0.3) is 0 Å². The highest BCUT2D eigenvalue weighted by Gasteiger charge is 2.24. The second kappa shape index (κ2) is 10.9. The number of benzene rings is 1. The first-order valence-corrected chi connectivity index (χ1v) is 10.3. The predicted molar refractivity (Wildman–Crippen MR) is 122 cm³/mol. The number of aromatic nitrogens is 2. The number of guanidine groups is 1. The lowest BCUT2D eigenvalue weighted by atomic mass is 10.2. The van der Waals surface area contributed by atoms with Gasteiger partial charge in [-0.1, -0.05) is 0 Å². The SMILES string of the molecule is CN=C(NCCc1ccn(-c2ccc(F)cc2)n1)NC1CCC(SC)C1.I. The summed E-state index contributed by atoms with van der Waals surface area (Å²) in [6.45, 7) is 0.763. The molecule has 2 unspecified atom stereocenters. The van der Waals surface area contributed by atoms with Gasteiger partial charge in [-0.25, -0.2) is 9.07 Å². The third-order valence-corrected chi connectivity index (χ3v) is 5.79. The fourth-order valence-electron chi connectivity index (χ4n) is 3.21. The van der Waals surface area contributed by atoms with Crippen LogP contribution in [0.1, 0.15) is 25.0 Å². The van der Waals surface area contributed by atoms with Gasteiger partial charge in [0.15, 0.2) is 5.96 Å². The molecule has 1 aromatic carbocycles. The highest BCUT2D eigenvalue weighted by molar-refractivity contribution is 14.0. The average molecular weight is 503 g/mol. The number of halogens is 2. The molecule has 5 nitrogen and oxygen atoms in total. The Morgan fingerprint density at radius 2 is 2.07 bits per heavy atom. The monoisotopic (exact) mass is 503 g/mol. The number of nitrogens with zero attached hydrogens (tertiary/aromatic N) is 3. The van der Waals surface area contributed by atoms with Crippen LogP contribution in [-0.4, -0.2) is 46.9 Å². The van der Waals surface area contributed by atoms with Crippen molar-refractivity contribution in [2.24, 2.45) is 4.99 Å². The molecule has 0 saturated heterocycles. The molecule has 0 radical (unpaired) electrons. The van der Waals surface area contributed by atoms with Crippen LogP contribution in [0.25, 0.3) is 5.69 Å². The quantitative estimate of drug-likeness (QED) is 0.359. The number of rotatable bonds is 6. The lowest BCUT2D eigenvalue weighted by Gasteiger charge is -2.17. The number of nitrogens with one attached hydrogen (secondary N) is 2. The Kier molecular flexibility index (Phi) is 8.88. The Balaban J connectivity index is 0.00000261. The Bertz CT molecular complexity index is 734. The van der Waals surface area contributed by atoms with Gasteiger partial charge in [-0.05, 0) is 55.9 Å². The van der Waals surface area contributed by atoms with Crippen molar-refractivity contribution in [2.75, 3.05) is 19.8 Å². The van der Waals surface area contributed by atoms with Crippen LogP contribution in [0.5, 0.6) is 0 Å². The molecule has 0 amide bonds. The number of thioether (sulfide) groups is 1. The summed E-state index contributed by atoms with van der Waals surface area (Å²) < 4.78 is 14.8. The number of aliphatic imine (C=N–C) groups is 1. The van der Waals surface area contributed by atoms with Crippen molar-refractivity contribution in [1.82, 2.24) is 20.4 Å². The molecule has 27 heavy (non-hydrogen) atoms. The zero-order valence-corrected chi connectivity index (χ0v) is 18.8. The van der Waals surface area contributed by atoms with Crippen molar-refractivity contribution in [3.63, 3.8) is 0 Å². The van der Waals surface area contributed by atoms with Crippen molar-refractivity contribution >= 4 is 41.7 Å². The molecule has 1 heterocycles. The maximum Gasteiger partial charge on any atom is 0.191 e. The molecule has 0 aliphatic heterocycles. The topological polar surface area (TPSA) is 54.2 Å². The van der Waals surface area contributed by atoms with Gasteiger partial charge in [0, 0.05) is 37.5 Å². The van der Waals surface area contributed by atoms with E-state index in [0.29, 0.717) is 6.04 Å². The van der Waals surface area contributed by atoms with Crippen molar-refractivity contribution in [3.05, 3.63) is 48.0 Å². The molecule has 2 aromatic rings. The molecular formula is C19H27FIN5S. The molecule has 1 aliphatic carbocycles. The Hall–Kier alpha value is -1.29. The minimum Gasteiger partial charge on any atom is -0.356 e. The molecule has 148 valence electrons. The highest BCUT2D eigenvalue weighted by atomic mass is 127. The van der Waals surface area contributed by atoms with E-state index in [0.717, 1.165) is 35.6 Å². The van der Waals surface area contributed by atoms with E-state index in [-0.39, 0.29) is 29.8 Å². The molecule has 0 spiro atoms. The van der Waals surface area contributed by atoms with E-state index in [1.807, 2.05) is 24.0 Å². The second-order valence-electron chi connectivity index (χ2n) is 6.49. The normalized spacial score (nSPS) is 19.6. The largest absolute Gasteiger partial charge is 0.356 e. The molecule has 1 saturated carbocycles. The van der Waals surface area contributed by atoms with E-state index >= 15 is 0 Å². The molecule has 0 bridgehead atoms. The second-order valence-corrected chi connectivity index (χ2v) is 7.63. The highest BCUT2D eigenvalue weighted by Crippen LogP contribution is 2.27. The van der Waals surface area contributed by atoms with Crippen molar-refractivity contribution < 1.29 is 4.39 Å². The molecule has 1 fully saturated rings. The van der Waals surface area contributed by atoms with E-state index in [2.05, 4.69) is 27.0 Å². The maximum atomic E-state index is 13.0. The smallest absolute Gasteiger partial charge is 0.191 e. The standard InChI is InChI=1S/C19H26FN5S.HI/c1-21-19(23-16-5-8-18(13-16)26-2)22-11-9-15-10-12-25(24-15)17-6-3-14(20)4-7-17;/h3-4,6-7,10,12,16,18H,5,8-9,11,13H2,1-2H3,(H2,21,22,23);1H. The van der Waals surface area contributed by atoms with E-state index in [1.165, 1.54) is 31.4 Å². The van der Waals surface area contributed by atoms with Crippen LogP contribution in [0.4, 0.5) is 4.39 Å². The first kappa shape index (κ1) is 22.0. The summed E-state index contributed by atoms with van der Waals surface area (Å²) in [4.78, 5) is 4.32. The van der Waals surface area contributed by atoms with Crippen molar-refractivity contribution in [1.29, 1.82) is 0 Å². The summed E-state index contributed by atoms with van der Waals surface area (Å²) in [5, 5.41) is 12.2. The minimum absolute atomic E-state index is 0. The lowest BCUT2D eigenvalue weighted by Crippen LogP contribution is -2.43. The maximum absolute atomic E-state index is 13.0. The number of hydrogen-bond donors (Lipinski definition) is 2. The minimum atomic E-state index is -0.240. The van der Waals surface area contributed by atoms with Crippen LogP contribution >= 0.6 is 35.7 Å². The summed E-state index contributed by atoms with van der Waals surface area (Å²) in [6, 6.07) is 8.83. The first-order valence-electron chi connectivity index (χ1n) is 8.98. The van der Waals surface area contributed by atoms with Crippen LogP contribution in [0.3, 0.4) is 0 Å². The van der Waals surface area contributed by atoms with E-state index in [9.17, 15) is 4.39 Å². The zero-order chi connectivity index (χ0) is 18.4. The van der Waals surface area contributed by atoms with Gasteiger partial charge in [-0.15, -0.1) is 24.0 Å². The molecule has 8 heteroatoms. The fraction of sp³-hybridized carbons (Fsp3) is 0.474. The van der Waals surface area contributed by atoms with Gasteiger partial charge in [0.2, 0.25) is 0 Å². The van der Waals surface area contributed by atoms with Gasteiger partial charge in [-0.3, -0.25) is 4.99 Å². The molecule has 1 aromatic heterocycles.